The molecular formula is C14H11N3O4S2. The largest absolute Gasteiger partial charge is 0.365 e. The van der Waals surface area contributed by atoms with E-state index >= 15 is 0 Å². The summed E-state index contributed by atoms with van der Waals surface area (Å²) in [6.07, 6.45) is 0. The Hall–Kier alpha value is -2.65. The highest BCUT2D eigenvalue weighted by Gasteiger charge is 2.26. The van der Waals surface area contributed by atoms with Gasteiger partial charge >= 0.3 is 0 Å². The van der Waals surface area contributed by atoms with E-state index in [1.807, 2.05) is 0 Å². The molecule has 9 heteroatoms. The van der Waals surface area contributed by atoms with Gasteiger partial charge in [-0.25, -0.2) is 13.1 Å². The van der Waals surface area contributed by atoms with Crippen molar-refractivity contribution in [2.45, 2.75) is 4.90 Å². The number of carbonyl (C=O) groups is 1. The van der Waals surface area contributed by atoms with Crippen LogP contribution in [0.4, 0.5) is 5.88 Å². The fourth-order valence-electron chi connectivity index (χ4n) is 1.97. The zero-order valence-corrected chi connectivity index (χ0v) is 13.2. The van der Waals surface area contributed by atoms with Gasteiger partial charge in [0.2, 0.25) is 0 Å². The van der Waals surface area contributed by atoms with Crippen molar-refractivity contribution in [3.63, 3.8) is 0 Å². The molecule has 0 spiro atoms. The molecule has 0 fully saturated rings. The first-order valence-electron chi connectivity index (χ1n) is 6.39. The van der Waals surface area contributed by atoms with Crippen LogP contribution < -0.4 is 10.5 Å². The number of nitrogens with one attached hydrogen (secondary N) is 1. The molecule has 1 aromatic carbocycles. The predicted molar refractivity (Wildman–Crippen MR) is 85.6 cm³/mol. The Morgan fingerprint density at radius 2 is 1.96 bits per heavy atom. The molecular weight excluding hydrogens is 338 g/mol. The molecule has 0 atom stereocenters. The molecule has 0 aliphatic carbocycles. The molecule has 7 nitrogen and oxygen atoms in total. The highest BCUT2D eigenvalue weighted by atomic mass is 32.2. The molecule has 1 amide bonds. The van der Waals surface area contributed by atoms with Gasteiger partial charge in [-0.2, -0.15) is 11.3 Å². The highest BCUT2D eigenvalue weighted by Crippen LogP contribution is 2.31. The number of carbonyl (C=O) groups excluding carboxylic acids is 1. The minimum Gasteiger partial charge on any atom is -0.365 e. The van der Waals surface area contributed by atoms with Crippen LogP contribution in [0.5, 0.6) is 0 Å². The van der Waals surface area contributed by atoms with Crippen molar-refractivity contribution in [2.75, 3.05) is 4.72 Å². The summed E-state index contributed by atoms with van der Waals surface area (Å²) in [4.78, 5) is 11.7. The van der Waals surface area contributed by atoms with Crippen LogP contribution in [-0.4, -0.2) is 19.5 Å². The monoisotopic (exact) mass is 349 g/mol. The number of nitrogens with two attached hydrogens (primary N) is 1. The number of hydrogen-bond acceptors (Lipinski definition) is 6. The number of sulfonamides is 1. The second-order valence-corrected chi connectivity index (χ2v) is 6.99. The van der Waals surface area contributed by atoms with E-state index in [1.165, 1.54) is 23.5 Å². The quantitative estimate of drug-likeness (QED) is 0.733. The smallest absolute Gasteiger partial charge is 0.264 e. The third kappa shape index (κ3) is 2.96. The minimum atomic E-state index is -3.91. The van der Waals surface area contributed by atoms with E-state index < -0.39 is 15.9 Å². The van der Waals surface area contributed by atoms with E-state index in [2.05, 4.69) is 9.88 Å². The zero-order chi connectivity index (χ0) is 16.4. The number of amides is 1. The van der Waals surface area contributed by atoms with Gasteiger partial charge in [-0.1, -0.05) is 23.4 Å². The molecule has 0 bridgehead atoms. The van der Waals surface area contributed by atoms with Crippen molar-refractivity contribution in [1.82, 2.24) is 5.16 Å². The molecule has 3 rings (SSSR count). The van der Waals surface area contributed by atoms with Gasteiger partial charge in [0.1, 0.15) is 11.3 Å². The Kier molecular flexibility index (Phi) is 3.89. The van der Waals surface area contributed by atoms with Crippen LogP contribution in [-0.2, 0) is 10.0 Å². The van der Waals surface area contributed by atoms with Crippen LogP contribution in [0.2, 0.25) is 0 Å². The van der Waals surface area contributed by atoms with E-state index in [0.717, 1.165) is 0 Å². The number of aromatic nitrogens is 1. The van der Waals surface area contributed by atoms with Gasteiger partial charge in [-0.15, -0.1) is 0 Å². The fourth-order valence-corrected chi connectivity index (χ4v) is 3.62. The summed E-state index contributed by atoms with van der Waals surface area (Å²) in [5.41, 5.74) is 6.07. The van der Waals surface area contributed by atoms with Gasteiger partial charge in [0.05, 0.1) is 4.90 Å². The molecule has 3 N–H and O–H groups in total. The van der Waals surface area contributed by atoms with E-state index in [9.17, 15) is 13.2 Å². The standard InChI is InChI=1S/C14H11N3O4S2/c15-13(18)11-12(9-6-7-22-8-9)16-21-14(11)17-23(19,20)10-4-2-1-3-5-10/h1-8,17H,(H2,15,18). The van der Waals surface area contributed by atoms with Crippen LogP contribution in [0, 0.1) is 0 Å². The molecule has 0 aliphatic heterocycles. The summed E-state index contributed by atoms with van der Waals surface area (Å²) in [7, 11) is -3.91. The predicted octanol–water partition coefficient (Wildman–Crippen LogP) is 2.30. The Morgan fingerprint density at radius 1 is 1.22 bits per heavy atom. The molecule has 23 heavy (non-hydrogen) atoms. The minimum absolute atomic E-state index is 0.0314. The zero-order valence-electron chi connectivity index (χ0n) is 11.6. The number of hydrogen-bond donors (Lipinski definition) is 2. The second-order valence-electron chi connectivity index (χ2n) is 4.53. The van der Waals surface area contributed by atoms with E-state index in [0.29, 0.717) is 5.56 Å². The van der Waals surface area contributed by atoms with Crippen molar-refractivity contribution in [3.05, 3.63) is 52.7 Å². The van der Waals surface area contributed by atoms with Crippen LogP contribution >= 0.6 is 11.3 Å². The molecule has 2 heterocycles. The summed E-state index contributed by atoms with van der Waals surface area (Å²) in [6, 6.07) is 9.42. The topological polar surface area (TPSA) is 115 Å². The number of nitrogens with zero attached hydrogens (tertiary/aromatic N) is 1. The van der Waals surface area contributed by atoms with Gasteiger partial charge in [-0.3, -0.25) is 4.79 Å². The maximum absolute atomic E-state index is 12.3. The van der Waals surface area contributed by atoms with Crippen LogP contribution in [0.1, 0.15) is 10.4 Å². The lowest BCUT2D eigenvalue weighted by Gasteiger charge is -2.05. The van der Waals surface area contributed by atoms with Crippen molar-refractivity contribution >= 4 is 33.2 Å². The number of anilines is 1. The highest BCUT2D eigenvalue weighted by molar-refractivity contribution is 7.92. The summed E-state index contributed by atoms with van der Waals surface area (Å²) in [5, 5.41) is 7.31. The maximum atomic E-state index is 12.3. The average molecular weight is 349 g/mol. The van der Waals surface area contributed by atoms with E-state index in [1.54, 1.807) is 35.0 Å². The fraction of sp³-hybridized carbons (Fsp3) is 0. The van der Waals surface area contributed by atoms with Crippen LogP contribution in [0.3, 0.4) is 0 Å². The van der Waals surface area contributed by atoms with Crippen molar-refractivity contribution in [1.29, 1.82) is 0 Å². The Labute approximate surface area is 135 Å². The third-order valence-corrected chi connectivity index (χ3v) is 5.04. The molecule has 118 valence electrons. The van der Waals surface area contributed by atoms with Gasteiger partial charge in [0.15, 0.2) is 0 Å². The maximum Gasteiger partial charge on any atom is 0.264 e. The SMILES string of the molecule is NC(=O)c1c(-c2ccsc2)noc1NS(=O)(=O)c1ccccc1. The number of benzene rings is 1. The molecule has 3 aromatic rings. The summed E-state index contributed by atoms with van der Waals surface area (Å²) < 4.78 is 31.9. The van der Waals surface area contributed by atoms with Crippen LogP contribution in [0.15, 0.2) is 56.6 Å². The van der Waals surface area contributed by atoms with Crippen LogP contribution in [0.25, 0.3) is 11.3 Å². The van der Waals surface area contributed by atoms with Gasteiger partial charge in [0.25, 0.3) is 21.8 Å². The number of thiophene rings is 1. The molecule has 0 radical (unpaired) electrons. The van der Waals surface area contributed by atoms with Crippen molar-refractivity contribution in [2.24, 2.45) is 5.73 Å². The Bertz CT molecular complexity index is 932. The first-order valence-corrected chi connectivity index (χ1v) is 8.81. The lowest BCUT2D eigenvalue weighted by atomic mass is 10.1. The first kappa shape index (κ1) is 15.3. The second kappa shape index (κ2) is 5.86. The Balaban J connectivity index is 2.03. The van der Waals surface area contributed by atoms with Crippen molar-refractivity contribution in [3.8, 4) is 11.3 Å². The Morgan fingerprint density at radius 3 is 2.57 bits per heavy atom. The number of primary amides is 1. The normalized spacial score (nSPS) is 11.3. The van der Waals surface area contributed by atoms with Gasteiger partial charge < -0.3 is 10.3 Å². The van der Waals surface area contributed by atoms with E-state index in [-0.39, 0.29) is 22.0 Å². The average Bonchev–Trinajstić information content (AvgIpc) is 3.16. The van der Waals surface area contributed by atoms with E-state index in [4.69, 9.17) is 10.3 Å². The summed E-state index contributed by atoms with van der Waals surface area (Å²) in [6.45, 7) is 0. The molecule has 0 saturated carbocycles. The molecule has 0 saturated heterocycles. The first-order chi connectivity index (χ1) is 11.0. The van der Waals surface area contributed by atoms with Crippen molar-refractivity contribution < 1.29 is 17.7 Å². The third-order valence-electron chi connectivity index (χ3n) is 3.01. The molecule has 2 aromatic heterocycles. The van der Waals surface area contributed by atoms with Gasteiger partial charge in [0, 0.05) is 10.9 Å². The summed E-state index contributed by atoms with van der Waals surface area (Å²) in [5.74, 6) is -1.14. The molecule has 0 aliphatic rings. The van der Waals surface area contributed by atoms with Gasteiger partial charge in [-0.05, 0) is 23.6 Å². The number of rotatable bonds is 5. The lowest BCUT2D eigenvalue weighted by Crippen LogP contribution is -2.18. The molecule has 0 unspecified atom stereocenters. The summed E-state index contributed by atoms with van der Waals surface area (Å²) >= 11 is 1.40. The lowest BCUT2D eigenvalue weighted by molar-refractivity contribution is 0.100.